The van der Waals surface area contributed by atoms with Gasteiger partial charge in [-0.05, 0) is 37.9 Å². The summed E-state index contributed by atoms with van der Waals surface area (Å²) in [5.41, 5.74) is 0. The molecule has 0 radical (unpaired) electrons. The Morgan fingerprint density at radius 3 is 2.80 bits per heavy atom. The fraction of sp³-hybridized carbons (Fsp3) is 0.222. The third-order valence-electron chi connectivity index (χ3n) is 1.76. The van der Waals surface area contributed by atoms with Crippen LogP contribution in [0.5, 0.6) is 0 Å². The Hall–Kier alpha value is 0.250. The second kappa shape index (κ2) is 5.54. The van der Waals surface area contributed by atoms with E-state index in [4.69, 9.17) is 0 Å². The molecule has 0 spiro atoms. The van der Waals surface area contributed by atoms with Gasteiger partial charge in [0.15, 0.2) is 0 Å². The van der Waals surface area contributed by atoms with E-state index in [1.54, 1.807) is 22.7 Å². The van der Waals surface area contributed by atoms with Gasteiger partial charge < -0.3 is 5.32 Å². The lowest BCUT2D eigenvalue weighted by Crippen LogP contribution is -2.11. The first-order valence-electron chi connectivity index (χ1n) is 4.28. The zero-order valence-corrected chi connectivity index (χ0v) is 12.5. The fourth-order valence-electron chi connectivity index (χ4n) is 1.11. The number of thiophene rings is 1. The van der Waals surface area contributed by atoms with Crippen LogP contribution in [0.3, 0.4) is 0 Å². The number of thiazole rings is 1. The van der Waals surface area contributed by atoms with Crippen molar-refractivity contribution < 1.29 is 0 Å². The van der Waals surface area contributed by atoms with Crippen molar-refractivity contribution in [3.05, 3.63) is 35.8 Å². The second-order valence-electron chi connectivity index (χ2n) is 2.86. The molecule has 0 bridgehead atoms. The Kier molecular flexibility index (Phi) is 4.33. The SMILES string of the molecule is Brc1cc(CNCc2nccs2)sc1Br. The van der Waals surface area contributed by atoms with Crippen molar-refractivity contribution in [2.45, 2.75) is 13.1 Å². The Bertz CT molecular complexity index is 406. The smallest absolute Gasteiger partial charge is 0.106 e. The van der Waals surface area contributed by atoms with Crippen LogP contribution in [-0.2, 0) is 13.1 Å². The highest BCUT2D eigenvalue weighted by Gasteiger charge is 2.03. The van der Waals surface area contributed by atoms with Gasteiger partial charge in [-0.1, -0.05) is 0 Å². The molecule has 2 aromatic heterocycles. The van der Waals surface area contributed by atoms with Crippen LogP contribution in [0.4, 0.5) is 0 Å². The maximum Gasteiger partial charge on any atom is 0.106 e. The van der Waals surface area contributed by atoms with Gasteiger partial charge in [-0.3, -0.25) is 0 Å². The number of nitrogens with one attached hydrogen (secondary N) is 1. The molecule has 0 saturated carbocycles. The highest BCUT2D eigenvalue weighted by atomic mass is 79.9. The molecule has 0 atom stereocenters. The lowest BCUT2D eigenvalue weighted by molar-refractivity contribution is 0.697. The van der Waals surface area contributed by atoms with Crippen LogP contribution in [-0.4, -0.2) is 4.98 Å². The highest BCUT2D eigenvalue weighted by molar-refractivity contribution is 9.13. The van der Waals surface area contributed by atoms with E-state index in [-0.39, 0.29) is 0 Å². The molecule has 2 rings (SSSR count). The molecule has 2 nitrogen and oxygen atoms in total. The van der Waals surface area contributed by atoms with Gasteiger partial charge in [0.25, 0.3) is 0 Å². The van der Waals surface area contributed by atoms with E-state index in [0.29, 0.717) is 0 Å². The zero-order chi connectivity index (χ0) is 10.7. The largest absolute Gasteiger partial charge is 0.306 e. The molecule has 0 amide bonds. The van der Waals surface area contributed by atoms with E-state index in [1.807, 2.05) is 11.6 Å². The molecule has 0 aromatic carbocycles. The maximum absolute atomic E-state index is 4.21. The molecule has 0 saturated heterocycles. The molecule has 0 aliphatic carbocycles. The van der Waals surface area contributed by atoms with E-state index in [1.165, 1.54) is 4.88 Å². The van der Waals surface area contributed by atoms with Crippen molar-refractivity contribution in [1.29, 1.82) is 0 Å². The van der Waals surface area contributed by atoms with Crippen LogP contribution >= 0.6 is 54.5 Å². The van der Waals surface area contributed by atoms with Gasteiger partial charge in [-0.2, -0.15) is 0 Å². The van der Waals surface area contributed by atoms with Crippen molar-refractivity contribution in [2.75, 3.05) is 0 Å². The van der Waals surface area contributed by atoms with Crippen LogP contribution < -0.4 is 5.32 Å². The van der Waals surface area contributed by atoms with Gasteiger partial charge in [-0.25, -0.2) is 4.98 Å². The van der Waals surface area contributed by atoms with Crippen LogP contribution in [0.2, 0.25) is 0 Å². The van der Waals surface area contributed by atoms with Crippen molar-refractivity contribution in [3.63, 3.8) is 0 Å². The summed E-state index contributed by atoms with van der Waals surface area (Å²) in [6, 6.07) is 2.13. The molecule has 1 N–H and O–H groups in total. The van der Waals surface area contributed by atoms with Gasteiger partial charge in [-0.15, -0.1) is 22.7 Å². The molecule has 2 aromatic rings. The molecule has 15 heavy (non-hydrogen) atoms. The topological polar surface area (TPSA) is 24.9 Å². The number of rotatable bonds is 4. The van der Waals surface area contributed by atoms with Gasteiger partial charge in [0.2, 0.25) is 0 Å². The van der Waals surface area contributed by atoms with Gasteiger partial charge >= 0.3 is 0 Å². The van der Waals surface area contributed by atoms with Crippen molar-refractivity contribution in [1.82, 2.24) is 10.3 Å². The van der Waals surface area contributed by atoms with E-state index < -0.39 is 0 Å². The lowest BCUT2D eigenvalue weighted by Gasteiger charge is -1.98. The summed E-state index contributed by atoms with van der Waals surface area (Å²) in [4.78, 5) is 5.52. The summed E-state index contributed by atoms with van der Waals surface area (Å²) in [6.45, 7) is 1.72. The van der Waals surface area contributed by atoms with E-state index >= 15 is 0 Å². The summed E-state index contributed by atoms with van der Waals surface area (Å²) in [5, 5.41) is 6.49. The Morgan fingerprint density at radius 2 is 2.20 bits per heavy atom. The van der Waals surface area contributed by atoms with Crippen LogP contribution in [0, 0.1) is 0 Å². The van der Waals surface area contributed by atoms with Crippen LogP contribution in [0.25, 0.3) is 0 Å². The number of hydrogen-bond acceptors (Lipinski definition) is 4. The summed E-state index contributed by atoms with van der Waals surface area (Å²) < 4.78 is 2.27. The third kappa shape index (κ3) is 3.35. The first-order valence-corrected chi connectivity index (χ1v) is 7.56. The Morgan fingerprint density at radius 1 is 1.33 bits per heavy atom. The molecule has 80 valence electrons. The number of aromatic nitrogens is 1. The molecule has 6 heteroatoms. The minimum absolute atomic E-state index is 0.838. The highest BCUT2D eigenvalue weighted by Crippen LogP contribution is 2.32. The monoisotopic (exact) mass is 366 g/mol. The standard InChI is InChI=1S/C9H8Br2N2S2/c10-7-3-6(15-9(7)11)4-12-5-8-13-1-2-14-8/h1-3,12H,4-5H2. The number of halogens is 2. The number of nitrogens with zero attached hydrogens (tertiary/aromatic N) is 1. The normalized spacial score (nSPS) is 10.8. The average molecular weight is 368 g/mol. The Labute approximate surface area is 113 Å². The zero-order valence-electron chi connectivity index (χ0n) is 7.67. The predicted molar refractivity (Wildman–Crippen MR) is 72.4 cm³/mol. The summed E-state index contributed by atoms with van der Waals surface area (Å²) in [5.74, 6) is 0. The van der Waals surface area contributed by atoms with Gasteiger partial charge in [0.1, 0.15) is 5.01 Å². The van der Waals surface area contributed by atoms with Crippen molar-refractivity contribution in [3.8, 4) is 0 Å². The maximum atomic E-state index is 4.21. The lowest BCUT2D eigenvalue weighted by atomic mass is 10.4. The molecule has 0 fully saturated rings. The molecular formula is C9H8Br2N2S2. The fourth-order valence-corrected chi connectivity index (χ4v) is 3.84. The molecule has 0 aliphatic rings. The quantitative estimate of drug-likeness (QED) is 0.882. The molecule has 0 unspecified atom stereocenters. The van der Waals surface area contributed by atoms with Gasteiger partial charge in [0, 0.05) is 34.0 Å². The summed E-state index contributed by atoms with van der Waals surface area (Å²) in [7, 11) is 0. The van der Waals surface area contributed by atoms with Crippen molar-refractivity contribution >= 4 is 54.5 Å². The summed E-state index contributed by atoms with van der Waals surface area (Å²) in [6.07, 6.45) is 1.83. The number of hydrogen-bond donors (Lipinski definition) is 1. The predicted octanol–water partition coefficient (Wildman–Crippen LogP) is 4.02. The van der Waals surface area contributed by atoms with Crippen LogP contribution in [0.15, 0.2) is 25.9 Å². The molecule has 2 heterocycles. The average Bonchev–Trinajstić information content (AvgIpc) is 2.79. The first kappa shape index (κ1) is 11.7. The van der Waals surface area contributed by atoms with E-state index in [0.717, 1.165) is 26.4 Å². The minimum atomic E-state index is 0.838. The van der Waals surface area contributed by atoms with E-state index in [2.05, 4.69) is 48.2 Å². The molecule has 0 aliphatic heterocycles. The minimum Gasteiger partial charge on any atom is -0.306 e. The third-order valence-corrected chi connectivity index (χ3v) is 5.79. The Balaban J connectivity index is 1.83. The molecular weight excluding hydrogens is 360 g/mol. The van der Waals surface area contributed by atoms with Crippen molar-refractivity contribution in [2.24, 2.45) is 0 Å². The van der Waals surface area contributed by atoms with E-state index in [9.17, 15) is 0 Å². The summed E-state index contributed by atoms with van der Waals surface area (Å²) >= 11 is 10.4. The first-order chi connectivity index (χ1) is 7.25. The van der Waals surface area contributed by atoms with Crippen LogP contribution in [0.1, 0.15) is 9.88 Å². The second-order valence-corrected chi connectivity index (χ2v) is 7.15. The van der Waals surface area contributed by atoms with Gasteiger partial charge in [0.05, 0.1) is 3.79 Å².